The Bertz CT molecular complexity index is 1020. The molecule has 2 rings (SSSR count). The predicted molar refractivity (Wildman–Crippen MR) is 77.0 cm³/mol. The van der Waals surface area contributed by atoms with Crippen molar-refractivity contribution in [3.63, 3.8) is 0 Å². The van der Waals surface area contributed by atoms with E-state index in [1.807, 2.05) is 0 Å². The van der Waals surface area contributed by atoms with E-state index in [9.17, 15) is 34.4 Å². The fourth-order valence-corrected chi connectivity index (χ4v) is 3.33. The SMILES string of the molecule is NS(=O)(=O)c1ccc(S(=O)(=O)Oc2ccccc2C(F)(F)F)c(F)c1. The highest BCUT2D eigenvalue weighted by atomic mass is 32.2. The second-order valence-corrected chi connectivity index (χ2v) is 7.74. The molecule has 2 aromatic rings. The van der Waals surface area contributed by atoms with Crippen LogP contribution >= 0.6 is 0 Å². The number of primary sulfonamides is 1. The highest BCUT2D eigenvalue weighted by Gasteiger charge is 2.36. The summed E-state index contributed by atoms with van der Waals surface area (Å²) in [6.07, 6.45) is -4.90. The highest BCUT2D eigenvalue weighted by Crippen LogP contribution is 2.37. The molecule has 0 spiro atoms. The lowest BCUT2D eigenvalue weighted by Gasteiger charge is -2.14. The molecule has 0 amide bonds. The molecule has 6 nitrogen and oxygen atoms in total. The zero-order chi connectivity index (χ0) is 19.0. The molecule has 0 atom stereocenters. The molecule has 2 N–H and O–H groups in total. The second kappa shape index (κ2) is 6.28. The minimum atomic E-state index is -5.00. The highest BCUT2D eigenvalue weighted by molar-refractivity contribution is 7.89. The van der Waals surface area contributed by atoms with E-state index in [-0.39, 0.29) is 0 Å². The molecule has 0 aliphatic heterocycles. The third kappa shape index (κ3) is 4.27. The van der Waals surface area contributed by atoms with Gasteiger partial charge in [-0.25, -0.2) is 17.9 Å². The molecule has 25 heavy (non-hydrogen) atoms. The van der Waals surface area contributed by atoms with Crippen LogP contribution in [-0.4, -0.2) is 16.8 Å². The number of sulfonamides is 1. The number of halogens is 4. The molecule has 0 radical (unpaired) electrons. The van der Waals surface area contributed by atoms with Crippen molar-refractivity contribution in [1.29, 1.82) is 0 Å². The maximum Gasteiger partial charge on any atom is 0.420 e. The van der Waals surface area contributed by atoms with Crippen molar-refractivity contribution in [2.75, 3.05) is 0 Å². The lowest BCUT2D eigenvalue weighted by atomic mass is 10.2. The fraction of sp³-hybridized carbons (Fsp3) is 0.0769. The maximum absolute atomic E-state index is 13.9. The number of alkyl halides is 3. The van der Waals surface area contributed by atoms with Gasteiger partial charge in [-0.3, -0.25) is 0 Å². The Morgan fingerprint density at radius 3 is 2.08 bits per heavy atom. The summed E-state index contributed by atoms with van der Waals surface area (Å²) in [5.74, 6) is -2.60. The summed E-state index contributed by atoms with van der Waals surface area (Å²) in [6, 6.07) is 4.98. The molecule has 0 bridgehead atoms. The standard InChI is InChI=1S/C13H9F4NO5S2/c14-10-7-8(24(18,19)20)5-6-12(10)25(21,22)23-11-4-2-1-3-9(11)13(15,16)17/h1-7H,(H2,18,19,20). The maximum atomic E-state index is 13.9. The zero-order valence-corrected chi connectivity index (χ0v) is 13.6. The van der Waals surface area contributed by atoms with Gasteiger partial charge in [-0.2, -0.15) is 21.6 Å². The fourth-order valence-electron chi connectivity index (χ4n) is 1.80. The van der Waals surface area contributed by atoms with Gasteiger partial charge in [0.1, 0.15) is 10.7 Å². The van der Waals surface area contributed by atoms with Crippen LogP contribution in [0.3, 0.4) is 0 Å². The predicted octanol–water partition coefficient (Wildman–Crippen LogP) is 2.26. The molecule has 2 aromatic carbocycles. The van der Waals surface area contributed by atoms with Gasteiger partial charge in [0.05, 0.1) is 10.5 Å². The first kappa shape index (κ1) is 19.1. The van der Waals surface area contributed by atoms with Crippen LogP contribution in [0.2, 0.25) is 0 Å². The van der Waals surface area contributed by atoms with E-state index in [0.717, 1.165) is 18.2 Å². The van der Waals surface area contributed by atoms with Crippen LogP contribution in [0.15, 0.2) is 52.3 Å². The van der Waals surface area contributed by atoms with Gasteiger partial charge in [0.25, 0.3) is 0 Å². The zero-order valence-electron chi connectivity index (χ0n) is 12.0. The lowest BCUT2D eigenvalue weighted by Crippen LogP contribution is -2.17. The average molecular weight is 399 g/mol. The van der Waals surface area contributed by atoms with Gasteiger partial charge in [0.15, 0.2) is 5.75 Å². The Balaban J connectivity index is 2.49. The van der Waals surface area contributed by atoms with Crippen LogP contribution < -0.4 is 9.32 Å². The van der Waals surface area contributed by atoms with Gasteiger partial charge in [-0.05, 0) is 30.3 Å². The van der Waals surface area contributed by atoms with Crippen molar-refractivity contribution in [1.82, 2.24) is 0 Å². The van der Waals surface area contributed by atoms with Crippen LogP contribution in [0.4, 0.5) is 17.6 Å². The van der Waals surface area contributed by atoms with Crippen LogP contribution in [-0.2, 0) is 26.3 Å². The van der Waals surface area contributed by atoms with Gasteiger partial charge in [-0.15, -0.1) is 0 Å². The second-order valence-electron chi connectivity index (χ2n) is 4.67. The summed E-state index contributed by atoms with van der Waals surface area (Å²) < 4.78 is 103. The molecule has 0 heterocycles. The topological polar surface area (TPSA) is 104 Å². The van der Waals surface area contributed by atoms with Crippen molar-refractivity contribution in [2.45, 2.75) is 16.0 Å². The van der Waals surface area contributed by atoms with Crippen LogP contribution in [0.1, 0.15) is 5.56 Å². The quantitative estimate of drug-likeness (QED) is 0.627. The smallest absolute Gasteiger partial charge is 0.378 e. The molecule has 136 valence electrons. The van der Waals surface area contributed by atoms with Gasteiger partial charge >= 0.3 is 16.3 Å². The Kier molecular flexibility index (Phi) is 4.81. The summed E-state index contributed by atoms with van der Waals surface area (Å²) in [4.78, 5) is -1.85. The van der Waals surface area contributed by atoms with Crippen molar-refractivity contribution in [3.05, 3.63) is 53.8 Å². The normalized spacial score (nSPS) is 12.8. The first-order valence-electron chi connectivity index (χ1n) is 6.25. The van der Waals surface area contributed by atoms with Gasteiger partial charge in [0.2, 0.25) is 10.0 Å². The third-order valence-corrected chi connectivity index (χ3v) is 5.07. The number of para-hydroxylation sites is 1. The Hall–Kier alpha value is -2.18. The Labute approximate surface area is 140 Å². The molecule has 0 aliphatic rings. The molecule has 0 unspecified atom stereocenters. The van der Waals surface area contributed by atoms with Crippen molar-refractivity contribution >= 4 is 20.1 Å². The molecular formula is C13H9F4NO5S2. The van der Waals surface area contributed by atoms with Crippen molar-refractivity contribution < 1.29 is 38.6 Å². The molecular weight excluding hydrogens is 390 g/mol. The van der Waals surface area contributed by atoms with E-state index in [1.165, 1.54) is 0 Å². The molecule has 0 saturated heterocycles. The van der Waals surface area contributed by atoms with Crippen LogP contribution in [0, 0.1) is 5.82 Å². The summed E-state index contributed by atoms with van der Waals surface area (Å²) in [5.41, 5.74) is -1.37. The largest absolute Gasteiger partial charge is 0.420 e. The number of benzene rings is 2. The number of hydrogen-bond acceptors (Lipinski definition) is 5. The monoisotopic (exact) mass is 399 g/mol. The summed E-state index contributed by atoms with van der Waals surface area (Å²) >= 11 is 0. The van der Waals surface area contributed by atoms with E-state index >= 15 is 0 Å². The van der Waals surface area contributed by atoms with Crippen LogP contribution in [0.25, 0.3) is 0 Å². The Morgan fingerprint density at radius 2 is 1.56 bits per heavy atom. The third-order valence-electron chi connectivity index (χ3n) is 2.89. The Morgan fingerprint density at radius 1 is 0.960 bits per heavy atom. The van der Waals surface area contributed by atoms with E-state index in [1.54, 1.807) is 0 Å². The molecule has 0 aromatic heterocycles. The molecule has 0 aliphatic carbocycles. The summed E-state index contributed by atoms with van der Waals surface area (Å²) in [5, 5.41) is 4.78. The first-order valence-corrected chi connectivity index (χ1v) is 9.21. The number of hydrogen-bond donors (Lipinski definition) is 1. The van der Waals surface area contributed by atoms with E-state index in [0.29, 0.717) is 24.3 Å². The molecule has 0 fully saturated rings. The van der Waals surface area contributed by atoms with Gasteiger partial charge in [-0.1, -0.05) is 12.1 Å². The number of rotatable bonds is 4. The minimum Gasteiger partial charge on any atom is -0.378 e. The number of nitrogens with two attached hydrogens (primary N) is 1. The summed E-state index contributed by atoms with van der Waals surface area (Å²) in [7, 11) is -9.30. The lowest BCUT2D eigenvalue weighted by molar-refractivity contribution is -0.138. The van der Waals surface area contributed by atoms with E-state index in [4.69, 9.17) is 5.14 Å². The average Bonchev–Trinajstić information content (AvgIpc) is 2.44. The van der Waals surface area contributed by atoms with E-state index in [2.05, 4.69) is 4.18 Å². The first-order chi connectivity index (χ1) is 11.3. The van der Waals surface area contributed by atoms with E-state index < -0.39 is 53.2 Å². The van der Waals surface area contributed by atoms with Crippen LogP contribution in [0.5, 0.6) is 5.75 Å². The minimum absolute atomic E-state index is 0.321. The molecule has 0 saturated carbocycles. The van der Waals surface area contributed by atoms with Crippen molar-refractivity contribution in [2.24, 2.45) is 5.14 Å². The molecule has 12 heteroatoms. The van der Waals surface area contributed by atoms with Gasteiger partial charge < -0.3 is 4.18 Å². The van der Waals surface area contributed by atoms with Crippen molar-refractivity contribution in [3.8, 4) is 5.75 Å². The summed E-state index contributed by atoms with van der Waals surface area (Å²) in [6.45, 7) is 0. The van der Waals surface area contributed by atoms with Gasteiger partial charge in [0, 0.05) is 0 Å².